The lowest BCUT2D eigenvalue weighted by molar-refractivity contribution is 0.428. The molecule has 0 bridgehead atoms. The highest BCUT2D eigenvalue weighted by atomic mass is 15.6. The van der Waals surface area contributed by atoms with E-state index in [0.29, 0.717) is 5.92 Å². The van der Waals surface area contributed by atoms with E-state index in [1.165, 1.54) is 0 Å². The summed E-state index contributed by atoms with van der Waals surface area (Å²) >= 11 is 0. The van der Waals surface area contributed by atoms with Gasteiger partial charge in [-0.25, -0.2) is 0 Å². The van der Waals surface area contributed by atoms with Gasteiger partial charge in [-0.15, -0.1) is 10.2 Å². The van der Waals surface area contributed by atoms with Gasteiger partial charge < -0.3 is 0 Å². The van der Waals surface area contributed by atoms with Crippen LogP contribution in [0.5, 0.6) is 0 Å². The van der Waals surface area contributed by atoms with Crippen LogP contribution in [0.1, 0.15) is 26.6 Å². The molecule has 0 aromatic carbocycles. The summed E-state index contributed by atoms with van der Waals surface area (Å²) in [6, 6.07) is 0. The second-order valence-electron chi connectivity index (χ2n) is 3.01. The first-order valence-electron chi connectivity index (χ1n) is 3.99. The first-order chi connectivity index (χ1) is 5.22. The molecule has 0 fully saturated rings. The topological polar surface area (TPSA) is 43.6 Å². The Hall–Kier alpha value is -0.930. The first-order valence-corrected chi connectivity index (χ1v) is 3.99. The van der Waals surface area contributed by atoms with Crippen LogP contribution in [0.2, 0.25) is 0 Å². The lowest BCUT2D eigenvalue weighted by atomic mass is 10.2. The highest BCUT2D eigenvalue weighted by Crippen LogP contribution is 1.95. The Morgan fingerprint density at radius 3 is 2.64 bits per heavy atom. The molecule has 0 amide bonds. The zero-order valence-electron chi connectivity index (χ0n) is 7.28. The van der Waals surface area contributed by atoms with Gasteiger partial charge in [-0.2, -0.15) is 4.80 Å². The quantitative estimate of drug-likeness (QED) is 0.649. The van der Waals surface area contributed by atoms with Gasteiger partial charge in [-0.05, 0) is 11.1 Å². The van der Waals surface area contributed by atoms with Gasteiger partial charge in [0.05, 0.1) is 6.54 Å². The van der Waals surface area contributed by atoms with Crippen LogP contribution < -0.4 is 0 Å². The third kappa shape index (κ3) is 2.29. The summed E-state index contributed by atoms with van der Waals surface area (Å²) in [5.41, 5.74) is 0. The number of aromatic nitrogens is 4. The summed E-state index contributed by atoms with van der Waals surface area (Å²) in [4.78, 5) is 1.66. The molecule has 0 N–H and O–H groups in total. The number of hydrogen-bond acceptors (Lipinski definition) is 3. The van der Waals surface area contributed by atoms with Crippen molar-refractivity contribution in [3.63, 3.8) is 0 Å². The Kier molecular flexibility index (Phi) is 2.57. The van der Waals surface area contributed by atoms with Crippen molar-refractivity contribution in [3.05, 3.63) is 5.82 Å². The van der Waals surface area contributed by atoms with Crippen molar-refractivity contribution in [2.45, 2.75) is 33.7 Å². The molecule has 4 heteroatoms. The molecule has 1 aromatic rings. The number of tetrazole rings is 1. The molecule has 4 nitrogen and oxygen atoms in total. The maximum absolute atomic E-state index is 4.16. The Morgan fingerprint density at radius 2 is 2.18 bits per heavy atom. The van der Waals surface area contributed by atoms with Gasteiger partial charge in [-0.3, -0.25) is 0 Å². The van der Waals surface area contributed by atoms with E-state index in [1.54, 1.807) is 4.80 Å². The number of aryl methyl sites for hydroxylation is 1. The summed E-state index contributed by atoms with van der Waals surface area (Å²) in [5, 5.41) is 11.9. The fourth-order valence-corrected chi connectivity index (χ4v) is 0.822. The van der Waals surface area contributed by atoms with Crippen LogP contribution in [-0.2, 0) is 13.0 Å². The molecule has 0 aliphatic rings. The maximum Gasteiger partial charge on any atom is 0.174 e. The number of hydrogen-bond donors (Lipinski definition) is 0. The summed E-state index contributed by atoms with van der Waals surface area (Å²) in [5.74, 6) is 1.40. The van der Waals surface area contributed by atoms with Crippen LogP contribution in [0, 0.1) is 5.92 Å². The molecule has 0 radical (unpaired) electrons. The Bertz CT molecular complexity index is 216. The normalized spacial score (nSPS) is 10.9. The van der Waals surface area contributed by atoms with Crippen LogP contribution in [-0.4, -0.2) is 20.2 Å². The zero-order chi connectivity index (χ0) is 8.27. The van der Waals surface area contributed by atoms with E-state index >= 15 is 0 Å². The van der Waals surface area contributed by atoms with Crippen molar-refractivity contribution < 1.29 is 0 Å². The third-order valence-corrected chi connectivity index (χ3v) is 1.34. The standard InChI is InChI=1S/C7H14N4/c1-4-7-8-10-11(9-7)5-6(2)3/h6H,4-5H2,1-3H3. The van der Waals surface area contributed by atoms with Crippen molar-refractivity contribution in [2.75, 3.05) is 0 Å². The van der Waals surface area contributed by atoms with Gasteiger partial charge in [0.25, 0.3) is 0 Å². The summed E-state index contributed by atoms with van der Waals surface area (Å²) in [6.07, 6.45) is 0.859. The summed E-state index contributed by atoms with van der Waals surface area (Å²) in [6.45, 7) is 7.15. The minimum Gasteiger partial charge on any atom is -0.164 e. The van der Waals surface area contributed by atoms with Crippen LogP contribution in [0.15, 0.2) is 0 Å². The summed E-state index contributed by atoms with van der Waals surface area (Å²) in [7, 11) is 0. The Labute approximate surface area is 66.6 Å². The largest absolute Gasteiger partial charge is 0.174 e. The van der Waals surface area contributed by atoms with Crippen LogP contribution in [0.4, 0.5) is 0 Å². The minimum atomic E-state index is 0.578. The molecule has 0 unspecified atom stereocenters. The first kappa shape index (κ1) is 8.17. The third-order valence-electron chi connectivity index (χ3n) is 1.34. The molecule has 11 heavy (non-hydrogen) atoms. The van der Waals surface area contributed by atoms with Crippen molar-refractivity contribution in [2.24, 2.45) is 5.92 Å². The van der Waals surface area contributed by atoms with Gasteiger partial charge in [0.2, 0.25) is 0 Å². The predicted octanol–water partition coefficient (Wildman–Crippen LogP) is 0.891. The Morgan fingerprint density at radius 1 is 1.45 bits per heavy atom. The van der Waals surface area contributed by atoms with E-state index in [4.69, 9.17) is 0 Å². The second-order valence-corrected chi connectivity index (χ2v) is 3.01. The van der Waals surface area contributed by atoms with Crippen LogP contribution >= 0.6 is 0 Å². The smallest absolute Gasteiger partial charge is 0.164 e. The molecule has 0 saturated carbocycles. The second kappa shape index (κ2) is 3.46. The lowest BCUT2D eigenvalue weighted by Crippen LogP contribution is -2.07. The van der Waals surface area contributed by atoms with Crippen molar-refractivity contribution >= 4 is 0 Å². The molecule has 0 aliphatic carbocycles. The molecular formula is C7H14N4. The molecule has 0 atom stereocenters. The van der Waals surface area contributed by atoms with Gasteiger partial charge in [0.15, 0.2) is 5.82 Å². The van der Waals surface area contributed by atoms with Gasteiger partial charge in [-0.1, -0.05) is 20.8 Å². The molecule has 1 aromatic heterocycles. The van der Waals surface area contributed by atoms with E-state index in [-0.39, 0.29) is 0 Å². The lowest BCUT2D eigenvalue weighted by Gasteiger charge is -1.99. The fourth-order valence-electron chi connectivity index (χ4n) is 0.822. The van der Waals surface area contributed by atoms with Crippen LogP contribution in [0.25, 0.3) is 0 Å². The highest BCUT2D eigenvalue weighted by Gasteiger charge is 2.01. The minimum absolute atomic E-state index is 0.578. The van der Waals surface area contributed by atoms with Gasteiger partial charge in [0, 0.05) is 6.42 Å². The van der Waals surface area contributed by atoms with E-state index in [2.05, 4.69) is 29.3 Å². The molecular weight excluding hydrogens is 140 g/mol. The molecule has 0 saturated heterocycles. The van der Waals surface area contributed by atoms with E-state index in [0.717, 1.165) is 18.8 Å². The highest BCUT2D eigenvalue weighted by molar-refractivity contribution is 4.73. The molecule has 1 rings (SSSR count). The fraction of sp³-hybridized carbons (Fsp3) is 0.857. The monoisotopic (exact) mass is 154 g/mol. The van der Waals surface area contributed by atoms with Crippen LogP contribution in [0.3, 0.4) is 0 Å². The predicted molar refractivity (Wildman–Crippen MR) is 42.0 cm³/mol. The summed E-state index contributed by atoms with van der Waals surface area (Å²) < 4.78 is 0. The van der Waals surface area contributed by atoms with Crippen molar-refractivity contribution in [1.29, 1.82) is 0 Å². The molecule has 0 spiro atoms. The number of rotatable bonds is 3. The molecule has 62 valence electrons. The van der Waals surface area contributed by atoms with E-state index in [1.807, 2.05) is 6.92 Å². The SMILES string of the molecule is CCc1nnn(CC(C)C)n1. The van der Waals surface area contributed by atoms with Crippen molar-refractivity contribution in [3.8, 4) is 0 Å². The number of nitrogens with zero attached hydrogens (tertiary/aromatic N) is 4. The molecule has 1 heterocycles. The van der Waals surface area contributed by atoms with E-state index < -0.39 is 0 Å². The van der Waals surface area contributed by atoms with Gasteiger partial charge >= 0.3 is 0 Å². The van der Waals surface area contributed by atoms with Crippen molar-refractivity contribution in [1.82, 2.24) is 20.2 Å². The average Bonchev–Trinajstić information content (AvgIpc) is 2.34. The van der Waals surface area contributed by atoms with E-state index in [9.17, 15) is 0 Å². The Balaban J connectivity index is 2.58. The maximum atomic E-state index is 4.16. The van der Waals surface area contributed by atoms with Gasteiger partial charge in [0.1, 0.15) is 0 Å². The zero-order valence-corrected chi connectivity index (χ0v) is 7.28. The molecule has 0 aliphatic heterocycles. The average molecular weight is 154 g/mol.